The summed E-state index contributed by atoms with van der Waals surface area (Å²) in [6, 6.07) is 7.93. The second kappa shape index (κ2) is 5.44. The quantitative estimate of drug-likeness (QED) is 0.627. The van der Waals surface area contributed by atoms with E-state index < -0.39 is 4.92 Å². The van der Waals surface area contributed by atoms with Crippen LogP contribution < -0.4 is 9.64 Å². The molecular formula is C15H13N3O4. The van der Waals surface area contributed by atoms with Crippen molar-refractivity contribution in [2.75, 3.05) is 18.1 Å². The van der Waals surface area contributed by atoms with Crippen LogP contribution in [0.25, 0.3) is 0 Å². The third kappa shape index (κ3) is 2.37. The molecule has 0 radical (unpaired) electrons. The lowest BCUT2D eigenvalue weighted by atomic mass is 10.1. The van der Waals surface area contributed by atoms with Gasteiger partial charge in [0.15, 0.2) is 0 Å². The van der Waals surface area contributed by atoms with Crippen molar-refractivity contribution < 1.29 is 14.5 Å². The summed E-state index contributed by atoms with van der Waals surface area (Å²) in [5.74, 6) is 0.0874. The molecule has 3 rings (SSSR count). The largest absolute Gasteiger partial charge is 0.474 e. The maximum Gasteiger partial charge on any atom is 0.273 e. The summed E-state index contributed by atoms with van der Waals surface area (Å²) in [5.41, 5.74) is 1.30. The van der Waals surface area contributed by atoms with Gasteiger partial charge >= 0.3 is 0 Å². The fourth-order valence-corrected chi connectivity index (χ4v) is 2.36. The fraction of sp³-hybridized carbons (Fsp3) is 0.200. The number of hydrogen-bond donors (Lipinski definition) is 0. The van der Waals surface area contributed by atoms with E-state index >= 15 is 0 Å². The van der Waals surface area contributed by atoms with Crippen LogP contribution in [-0.4, -0.2) is 29.0 Å². The van der Waals surface area contributed by atoms with Gasteiger partial charge in [0.1, 0.15) is 12.3 Å². The zero-order valence-corrected chi connectivity index (χ0v) is 11.9. The zero-order chi connectivity index (χ0) is 15.7. The molecule has 7 nitrogen and oxygen atoms in total. The summed E-state index contributed by atoms with van der Waals surface area (Å²) in [6.07, 6.45) is 1.59. The highest BCUT2D eigenvalue weighted by molar-refractivity contribution is 6.07. The highest BCUT2D eigenvalue weighted by Crippen LogP contribution is 2.30. The number of carbonyl (C=O) groups excluding carboxylic acids is 1. The Balaban J connectivity index is 1.99. The van der Waals surface area contributed by atoms with Crippen LogP contribution in [0, 0.1) is 17.0 Å². The predicted octanol–water partition coefficient (Wildman–Crippen LogP) is 2.34. The van der Waals surface area contributed by atoms with E-state index in [-0.39, 0.29) is 17.2 Å². The number of fused-ring (bicyclic) bond motifs is 1. The minimum atomic E-state index is -0.485. The molecule has 0 fully saturated rings. The molecule has 112 valence electrons. The number of anilines is 1. The summed E-state index contributed by atoms with van der Waals surface area (Å²) in [6.45, 7) is 2.35. The third-order valence-corrected chi connectivity index (χ3v) is 3.49. The van der Waals surface area contributed by atoms with E-state index in [1.807, 2.05) is 0 Å². The first-order chi connectivity index (χ1) is 10.6. The monoisotopic (exact) mass is 299 g/mol. The van der Waals surface area contributed by atoms with Gasteiger partial charge in [-0.25, -0.2) is 4.98 Å². The minimum Gasteiger partial charge on any atom is -0.474 e. The van der Waals surface area contributed by atoms with Crippen LogP contribution in [0.1, 0.15) is 15.9 Å². The number of pyridine rings is 1. The fourth-order valence-electron chi connectivity index (χ4n) is 2.36. The smallest absolute Gasteiger partial charge is 0.273 e. The second-order valence-corrected chi connectivity index (χ2v) is 4.89. The molecule has 0 aliphatic carbocycles. The number of rotatable bonds is 2. The lowest BCUT2D eigenvalue weighted by molar-refractivity contribution is -0.385. The number of hydrogen-bond acceptors (Lipinski definition) is 5. The van der Waals surface area contributed by atoms with Gasteiger partial charge in [-0.1, -0.05) is 6.07 Å². The highest BCUT2D eigenvalue weighted by atomic mass is 16.6. The van der Waals surface area contributed by atoms with Crippen LogP contribution in [0.15, 0.2) is 36.5 Å². The molecule has 1 amide bonds. The van der Waals surface area contributed by atoms with Crippen LogP contribution in [0.3, 0.4) is 0 Å². The molecule has 1 aliphatic rings. The van der Waals surface area contributed by atoms with Gasteiger partial charge in [-0.05, 0) is 25.1 Å². The SMILES string of the molecule is Cc1ccc(C(=O)N2CCOc3ncccc32)cc1[N+](=O)[O-]. The Kier molecular flexibility index (Phi) is 3.46. The van der Waals surface area contributed by atoms with Crippen molar-refractivity contribution >= 4 is 17.3 Å². The number of ether oxygens (including phenoxy) is 1. The molecule has 0 N–H and O–H groups in total. The zero-order valence-electron chi connectivity index (χ0n) is 11.9. The Morgan fingerprint density at radius 1 is 1.41 bits per heavy atom. The van der Waals surface area contributed by atoms with Crippen LogP contribution in [0.4, 0.5) is 11.4 Å². The molecule has 0 spiro atoms. The lowest BCUT2D eigenvalue weighted by Gasteiger charge is -2.28. The lowest BCUT2D eigenvalue weighted by Crippen LogP contribution is -2.38. The number of amides is 1. The first kappa shape index (κ1) is 14.0. The minimum absolute atomic E-state index is 0.0643. The van der Waals surface area contributed by atoms with Crippen LogP contribution in [0.5, 0.6) is 5.88 Å². The topological polar surface area (TPSA) is 85.6 Å². The van der Waals surface area contributed by atoms with E-state index in [1.165, 1.54) is 11.0 Å². The van der Waals surface area contributed by atoms with Gasteiger partial charge in [-0.3, -0.25) is 14.9 Å². The summed E-state index contributed by atoms with van der Waals surface area (Å²) in [4.78, 5) is 28.8. The molecule has 1 aliphatic heterocycles. The standard InChI is InChI=1S/C15H13N3O4/c1-10-4-5-11(9-13(10)18(20)21)15(19)17-7-8-22-14-12(17)3-2-6-16-14/h2-6,9H,7-8H2,1H3. The van der Waals surface area contributed by atoms with Crippen molar-refractivity contribution in [3.8, 4) is 5.88 Å². The Bertz CT molecular complexity index is 760. The number of benzene rings is 1. The van der Waals surface area contributed by atoms with Crippen molar-refractivity contribution in [1.29, 1.82) is 0 Å². The molecule has 7 heteroatoms. The highest BCUT2D eigenvalue weighted by Gasteiger charge is 2.26. The van der Waals surface area contributed by atoms with Gasteiger partial charge in [0.25, 0.3) is 11.6 Å². The number of nitro groups is 1. The molecule has 0 saturated carbocycles. The summed E-state index contributed by atoms with van der Waals surface area (Å²) in [7, 11) is 0. The van der Waals surface area contributed by atoms with Crippen molar-refractivity contribution in [1.82, 2.24) is 4.98 Å². The number of aryl methyl sites for hydroxylation is 1. The maximum absolute atomic E-state index is 12.7. The predicted molar refractivity (Wildman–Crippen MR) is 79.2 cm³/mol. The van der Waals surface area contributed by atoms with E-state index in [0.717, 1.165) is 0 Å². The first-order valence-electron chi connectivity index (χ1n) is 6.72. The number of carbonyl (C=O) groups is 1. The Hall–Kier alpha value is -2.96. The molecule has 0 saturated heterocycles. The summed E-state index contributed by atoms with van der Waals surface area (Å²) >= 11 is 0. The van der Waals surface area contributed by atoms with E-state index in [4.69, 9.17) is 4.74 Å². The molecule has 22 heavy (non-hydrogen) atoms. The Labute approximate surface area is 126 Å². The van der Waals surface area contributed by atoms with Gasteiger partial charge in [-0.15, -0.1) is 0 Å². The number of nitrogens with zero attached hydrogens (tertiary/aromatic N) is 3. The molecule has 0 bridgehead atoms. The van der Waals surface area contributed by atoms with E-state index in [0.29, 0.717) is 30.3 Å². The molecule has 2 aromatic rings. The van der Waals surface area contributed by atoms with Gasteiger partial charge in [0.2, 0.25) is 5.88 Å². The number of nitro benzene ring substituents is 1. The maximum atomic E-state index is 12.7. The molecule has 1 aromatic carbocycles. The Morgan fingerprint density at radius 3 is 3.00 bits per heavy atom. The van der Waals surface area contributed by atoms with Crippen molar-refractivity contribution in [2.24, 2.45) is 0 Å². The van der Waals surface area contributed by atoms with Crippen molar-refractivity contribution in [2.45, 2.75) is 6.92 Å². The summed E-state index contributed by atoms with van der Waals surface area (Å²) in [5, 5.41) is 11.0. The molecule has 0 atom stereocenters. The van der Waals surface area contributed by atoms with Gasteiger partial charge in [0.05, 0.1) is 11.5 Å². The normalized spacial score (nSPS) is 13.2. The first-order valence-corrected chi connectivity index (χ1v) is 6.72. The van der Waals surface area contributed by atoms with E-state index in [2.05, 4.69) is 4.98 Å². The van der Waals surface area contributed by atoms with E-state index in [9.17, 15) is 14.9 Å². The average molecular weight is 299 g/mol. The molecular weight excluding hydrogens is 286 g/mol. The second-order valence-electron chi connectivity index (χ2n) is 4.89. The van der Waals surface area contributed by atoms with Gasteiger partial charge in [-0.2, -0.15) is 0 Å². The van der Waals surface area contributed by atoms with Crippen molar-refractivity contribution in [3.63, 3.8) is 0 Å². The van der Waals surface area contributed by atoms with Crippen LogP contribution >= 0.6 is 0 Å². The number of aromatic nitrogens is 1. The Morgan fingerprint density at radius 2 is 2.23 bits per heavy atom. The van der Waals surface area contributed by atoms with Gasteiger partial charge in [0, 0.05) is 23.4 Å². The molecule has 1 aromatic heterocycles. The third-order valence-electron chi connectivity index (χ3n) is 3.49. The van der Waals surface area contributed by atoms with Crippen LogP contribution in [0.2, 0.25) is 0 Å². The van der Waals surface area contributed by atoms with Crippen LogP contribution in [-0.2, 0) is 0 Å². The summed E-state index contributed by atoms with van der Waals surface area (Å²) < 4.78 is 5.41. The molecule has 0 unspecified atom stereocenters. The van der Waals surface area contributed by atoms with Crippen molar-refractivity contribution in [3.05, 3.63) is 57.8 Å². The molecule has 2 heterocycles. The average Bonchev–Trinajstić information content (AvgIpc) is 2.54. The van der Waals surface area contributed by atoms with Gasteiger partial charge < -0.3 is 9.64 Å². The van der Waals surface area contributed by atoms with E-state index in [1.54, 1.807) is 37.4 Å².